The topological polar surface area (TPSA) is 72.6 Å². The lowest BCUT2D eigenvalue weighted by Crippen LogP contribution is -2.31. The van der Waals surface area contributed by atoms with Crippen molar-refractivity contribution in [2.75, 3.05) is 26.4 Å². The van der Waals surface area contributed by atoms with Crippen molar-refractivity contribution in [1.29, 1.82) is 0 Å². The van der Waals surface area contributed by atoms with E-state index in [-0.39, 0.29) is 16.3 Å². The van der Waals surface area contributed by atoms with Crippen molar-refractivity contribution in [1.82, 2.24) is 4.31 Å². The minimum absolute atomic E-state index is 0.0260. The highest BCUT2D eigenvalue weighted by atomic mass is 32.2. The number of alkyl halides is 3. The minimum atomic E-state index is -4.43. The van der Waals surface area contributed by atoms with Crippen LogP contribution in [0.3, 0.4) is 0 Å². The van der Waals surface area contributed by atoms with Gasteiger partial charge < -0.3 is 10.5 Å². The number of sulfonamides is 1. The minimum Gasteiger partial charge on any atom is -0.495 e. The Morgan fingerprint density at radius 1 is 1.35 bits per heavy atom. The first-order valence-corrected chi connectivity index (χ1v) is 6.98. The maximum absolute atomic E-state index is 12.2. The summed E-state index contributed by atoms with van der Waals surface area (Å²) in [6.45, 7) is -0.677. The Bertz CT molecular complexity index is 573. The van der Waals surface area contributed by atoms with Crippen molar-refractivity contribution in [3.05, 3.63) is 18.2 Å². The van der Waals surface area contributed by atoms with Crippen molar-refractivity contribution in [2.45, 2.75) is 17.5 Å². The molecule has 0 atom stereocenters. The van der Waals surface area contributed by atoms with Gasteiger partial charge in [-0.15, -0.1) is 0 Å². The number of halogens is 3. The number of ether oxygens (including phenoxy) is 1. The van der Waals surface area contributed by atoms with Crippen LogP contribution >= 0.6 is 0 Å². The molecule has 114 valence electrons. The molecule has 0 aliphatic heterocycles. The van der Waals surface area contributed by atoms with Crippen LogP contribution in [0.5, 0.6) is 5.75 Å². The van der Waals surface area contributed by atoms with Crippen LogP contribution in [0.15, 0.2) is 23.1 Å². The highest BCUT2D eigenvalue weighted by Crippen LogP contribution is 2.29. The van der Waals surface area contributed by atoms with E-state index in [0.29, 0.717) is 4.31 Å². The summed E-state index contributed by atoms with van der Waals surface area (Å²) in [4.78, 5) is -0.260. The number of rotatable bonds is 5. The second-order valence-corrected chi connectivity index (χ2v) is 6.12. The summed E-state index contributed by atoms with van der Waals surface area (Å²) >= 11 is 0. The molecule has 0 bridgehead atoms. The van der Waals surface area contributed by atoms with Gasteiger partial charge in [0.25, 0.3) is 0 Å². The standard InChI is InChI=1S/C11H15F3N2O3S/c1-16(6-5-11(12,13)14)20(17,18)10-7-8(15)3-4-9(10)19-2/h3-4,7H,5-6,15H2,1-2H3. The molecular weight excluding hydrogens is 297 g/mol. The average Bonchev–Trinajstić information content (AvgIpc) is 2.34. The van der Waals surface area contributed by atoms with Gasteiger partial charge in [0.2, 0.25) is 10.0 Å². The van der Waals surface area contributed by atoms with Crippen molar-refractivity contribution in [2.24, 2.45) is 0 Å². The van der Waals surface area contributed by atoms with Crippen LogP contribution in [0.2, 0.25) is 0 Å². The third-order valence-corrected chi connectivity index (χ3v) is 4.46. The van der Waals surface area contributed by atoms with Gasteiger partial charge >= 0.3 is 6.18 Å². The fraction of sp³-hybridized carbons (Fsp3) is 0.455. The predicted octanol–water partition coefficient (Wildman–Crippen LogP) is 1.85. The van der Waals surface area contributed by atoms with Crippen LogP contribution in [-0.4, -0.2) is 39.6 Å². The Kier molecular flexibility index (Phi) is 4.87. The summed E-state index contributed by atoms with van der Waals surface area (Å²) < 4.78 is 66.4. The van der Waals surface area contributed by atoms with Gasteiger partial charge in [0.15, 0.2) is 0 Å². The zero-order valence-electron chi connectivity index (χ0n) is 10.9. The molecular formula is C11H15F3N2O3S. The molecule has 0 radical (unpaired) electrons. The van der Waals surface area contributed by atoms with E-state index in [1.165, 1.54) is 19.2 Å². The van der Waals surface area contributed by atoms with Crippen molar-refractivity contribution in [3.63, 3.8) is 0 Å². The Morgan fingerprint density at radius 2 is 1.95 bits per heavy atom. The van der Waals surface area contributed by atoms with Crippen molar-refractivity contribution in [3.8, 4) is 5.75 Å². The zero-order valence-corrected chi connectivity index (χ0v) is 11.8. The van der Waals surface area contributed by atoms with Crippen LogP contribution in [0.1, 0.15) is 6.42 Å². The van der Waals surface area contributed by atoms with Gasteiger partial charge in [-0.05, 0) is 18.2 Å². The second kappa shape index (κ2) is 5.88. The summed E-state index contributed by atoms with van der Waals surface area (Å²) in [5, 5.41) is 0. The number of hydrogen-bond donors (Lipinski definition) is 1. The molecule has 9 heteroatoms. The van der Waals surface area contributed by atoms with E-state index in [4.69, 9.17) is 10.5 Å². The Labute approximate surface area is 115 Å². The van der Waals surface area contributed by atoms with Crippen molar-refractivity contribution >= 4 is 15.7 Å². The molecule has 1 rings (SSSR count). The van der Waals surface area contributed by atoms with Gasteiger partial charge in [-0.1, -0.05) is 0 Å². The monoisotopic (exact) mass is 312 g/mol. The van der Waals surface area contributed by atoms with Crippen LogP contribution < -0.4 is 10.5 Å². The SMILES string of the molecule is COc1ccc(N)cc1S(=O)(=O)N(C)CCC(F)(F)F. The van der Waals surface area contributed by atoms with Crippen LogP contribution in [0.25, 0.3) is 0 Å². The molecule has 0 spiro atoms. The average molecular weight is 312 g/mol. The van der Waals surface area contributed by atoms with E-state index in [1.54, 1.807) is 0 Å². The first-order valence-electron chi connectivity index (χ1n) is 5.54. The van der Waals surface area contributed by atoms with E-state index in [9.17, 15) is 21.6 Å². The number of anilines is 1. The van der Waals surface area contributed by atoms with Gasteiger partial charge in [0.05, 0.1) is 13.5 Å². The lowest BCUT2D eigenvalue weighted by molar-refractivity contribution is -0.135. The number of nitrogen functional groups attached to an aromatic ring is 1. The molecule has 1 aromatic rings. The Morgan fingerprint density at radius 3 is 2.45 bits per heavy atom. The van der Waals surface area contributed by atoms with Gasteiger partial charge in [-0.2, -0.15) is 13.2 Å². The lowest BCUT2D eigenvalue weighted by Gasteiger charge is -2.19. The molecule has 2 N–H and O–H groups in total. The molecule has 0 heterocycles. The van der Waals surface area contributed by atoms with Crippen LogP contribution in [-0.2, 0) is 10.0 Å². The number of benzene rings is 1. The molecule has 0 aliphatic rings. The third-order valence-electron chi connectivity index (χ3n) is 2.59. The fourth-order valence-corrected chi connectivity index (χ4v) is 2.83. The summed E-state index contributed by atoms with van der Waals surface area (Å²) in [5.74, 6) is 0.0260. The highest BCUT2D eigenvalue weighted by Gasteiger charge is 2.31. The first-order chi connectivity index (χ1) is 9.08. The van der Waals surface area contributed by atoms with E-state index in [2.05, 4.69) is 0 Å². The molecule has 0 amide bonds. The Hall–Kier alpha value is -1.48. The molecule has 0 unspecified atom stereocenters. The Balaban J connectivity index is 3.07. The molecule has 0 fully saturated rings. The van der Waals surface area contributed by atoms with E-state index >= 15 is 0 Å². The number of methoxy groups -OCH3 is 1. The molecule has 0 saturated carbocycles. The molecule has 5 nitrogen and oxygen atoms in total. The third kappa shape index (κ3) is 4.01. The molecule has 0 aromatic heterocycles. The van der Waals surface area contributed by atoms with E-state index < -0.39 is 29.2 Å². The lowest BCUT2D eigenvalue weighted by atomic mass is 10.3. The highest BCUT2D eigenvalue weighted by molar-refractivity contribution is 7.89. The number of nitrogens with zero attached hydrogens (tertiary/aromatic N) is 1. The maximum Gasteiger partial charge on any atom is 0.390 e. The molecule has 0 saturated heterocycles. The van der Waals surface area contributed by atoms with E-state index in [0.717, 1.165) is 13.1 Å². The summed E-state index contributed by atoms with van der Waals surface area (Å²) in [6.07, 6.45) is -5.66. The van der Waals surface area contributed by atoms with Crippen LogP contribution in [0.4, 0.5) is 18.9 Å². The normalized spacial score (nSPS) is 12.7. The van der Waals surface area contributed by atoms with Gasteiger partial charge in [-0.25, -0.2) is 12.7 Å². The molecule has 20 heavy (non-hydrogen) atoms. The zero-order chi connectivity index (χ0) is 15.6. The smallest absolute Gasteiger partial charge is 0.390 e. The van der Waals surface area contributed by atoms with Gasteiger partial charge in [0.1, 0.15) is 10.6 Å². The first kappa shape index (κ1) is 16.6. The van der Waals surface area contributed by atoms with Gasteiger partial charge in [0, 0.05) is 19.3 Å². The number of hydrogen-bond acceptors (Lipinski definition) is 4. The van der Waals surface area contributed by atoms with Gasteiger partial charge in [-0.3, -0.25) is 0 Å². The van der Waals surface area contributed by atoms with Crippen molar-refractivity contribution < 1.29 is 26.3 Å². The fourth-order valence-electron chi connectivity index (χ4n) is 1.47. The molecule has 0 aliphatic carbocycles. The second-order valence-electron chi connectivity index (χ2n) is 4.10. The van der Waals surface area contributed by atoms with E-state index in [1.807, 2.05) is 0 Å². The summed E-state index contributed by atoms with van der Waals surface area (Å²) in [7, 11) is -1.76. The quantitative estimate of drug-likeness (QED) is 0.842. The largest absolute Gasteiger partial charge is 0.495 e. The molecule has 1 aromatic carbocycles. The van der Waals surface area contributed by atoms with Crippen LogP contribution in [0, 0.1) is 0 Å². The summed E-state index contributed by atoms with van der Waals surface area (Å²) in [6, 6.07) is 3.94. The summed E-state index contributed by atoms with van der Waals surface area (Å²) in [5.41, 5.74) is 5.68. The number of nitrogens with two attached hydrogens (primary N) is 1. The maximum atomic E-state index is 12.2. The predicted molar refractivity (Wildman–Crippen MR) is 67.9 cm³/mol.